The predicted octanol–water partition coefficient (Wildman–Crippen LogP) is 5.59. The van der Waals surface area contributed by atoms with Gasteiger partial charge in [-0.05, 0) is 60.4 Å². The first-order valence-electron chi connectivity index (χ1n) is 11.0. The molecule has 0 aliphatic rings. The first-order chi connectivity index (χ1) is 16.3. The summed E-state index contributed by atoms with van der Waals surface area (Å²) in [6.07, 6.45) is 0.402. The molecule has 1 N–H and O–H groups in total. The lowest BCUT2D eigenvalue weighted by molar-refractivity contribution is -0.142. The highest BCUT2D eigenvalue weighted by atomic mass is 79.9. The van der Waals surface area contributed by atoms with Crippen molar-refractivity contribution in [1.29, 1.82) is 0 Å². The topological polar surface area (TPSA) is 58.6 Å². The lowest BCUT2D eigenvalue weighted by Crippen LogP contribution is -2.51. The lowest BCUT2D eigenvalue weighted by atomic mass is 10.0. The maximum absolute atomic E-state index is 13.5. The number of nitrogens with one attached hydrogen (secondary N) is 1. The highest BCUT2D eigenvalue weighted by Gasteiger charge is 2.30. The summed E-state index contributed by atoms with van der Waals surface area (Å²) < 4.78 is 7.85. The molecule has 0 aliphatic heterocycles. The third-order valence-electron chi connectivity index (χ3n) is 5.56. The van der Waals surface area contributed by atoms with Crippen molar-refractivity contribution in [2.24, 2.45) is 0 Å². The number of likely N-dealkylation sites (N-methyl/N-ethyl adjacent to an activating group) is 1. The largest absolute Gasteiger partial charge is 0.484 e. The molecule has 5 nitrogen and oxygen atoms in total. The summed E-state index contributed by atoms with van der Waals surface area (Å²) in [7, 11) is 1.59. The summed E-state index contributed by atoms with van der Waals surface area (Å²) in [6.45, 7) is 4.08. The van der Waals surface area contributed by atoms with Gasteiger partial charge in [-0.1, -0.05) is 74.3 Å². The number of amides is 2. The Kier molecular flexibility index (Phi) is 9.30. The van der Waals surface area contributed by atoms with E-state index in [0.29, 0.717) is 18.7 Å². The molecule has 0 radical (unpaired) electrons. The Balaban J connectivity index is 1.88. The number of halogens is 2. The lowest BCUT2D eigenvalue weighted by Gasteiger charge is -2.31. The number of carbonyl (C=O) groups excluding carboxylic acids is 2. The number of hydrogen-bond acceptors (Lipinski definition) is 3. The number of rotatable bonds is 9. The standard InChI is InChI=1S/C27H28Br2N2O3/c1-18-13-23(14-19(2)26(18)29)34-17-25(32)31(16-21-9-11-22(28)12-10-21)24(27(33)30-3)15-20-7-5-4-6-8-20/h4-14,24H,15-17H2,1-3H3,(H,30,33)/t24-/m0/s1. The molecule has 0 saturated carbocycles. The number of hydrogen-bond donors (Lipinski definition) is 1. The fourth-order valence-corrected chi connectivity index (χ4v) is 4.22. The van der Waals surface area contributed by atoms with Gasteiger partial charge in [0.05, 0.1) is 0 Å². The molecule has 0 fully saturated rings. The van der Waals surface area contributed by atoms with Crippen LogP contribution in [0.3, 0.4) is 0 Å². The minimum absolute atomic E-state index is 0.167. The van der Waals surface area contributed by atoms with Crippen LogP contribution in [-0.2, 0) is 22.6 Å². The number of aryl methyl sites for hydroxylation is 2. The number of nitrogens with zero attached hydrogens (tertiary/aromatic N) is 1. The summed E-state index contributed by atoms with van der Waals surface area (Å²) in [5, 5.41) is 2.72. The number of carbonyl (C=O) groups is 2. The van der Waals surface area contributed by atoms with E-state index < -0.39 is 6.04 Å². The molecular weight excluding hydrogens is 560 g/mol. The summed E-state index contributed by atoms with van der Waals surface area (Å²) in [5.41, 5.74) is 3.96. The van der Waals surface area contributed by atoms with Crippen LogP contribution in [-0.4, -0.2) is 36.4 Å². The Morgan fingerprint density at radius 1 is 0.941 bits per heavy atom. The predicted molar refractivity (Wildman–Crippen MR) is 142 cm³/mol. The average Bonchev–Trinajstić information content (AvgIpc) is 2.84. The van der Waals surface area contributed by atoms with Crippen molar-refractivity contribution in [3.63, 3.8) is 0 Å². The van der Waals surface area contributed by atoms with Crippen molar-refractivity contribution >= 4 is 43.7 Å². The molecule has 3 aromatic rings. The summed E-state index contributed by atoms with van der Waals surface area (Å²) >= 11 is 7.00. The van der Waals surface area contributed by atoms with Gasteiger partial charge in [-0.15, -0.1) is 0 Å². The van der Waals surface area contributed by atoms with Gasteiger partial charge in [0.1, 0.15) is 11.8 Å². The van der Waals surface area contributed by atoms with Gasteiger partial charge in [-0.3, -0.25) is 9.59 Å². The van der Waals surface area contributed by atoms with Crippen molar-refractivity contribution in [3.8, 4) is 5.75 Å². The van der Waals surface area contributed by atoms with Crippen molar-refractivity contribution in [2.75, 3.05) is 13.7 Å². The summed E-state index contributed by atoms with van der Waals surface area (Å²) in [6, 6.07) is 20.5. The van der Waals surface area contributed by atoms with Gasteiger partial charge >= 0.3 is 0 Å². The zero-order valence-corrected chi connectivity index (χ0v) is 22.6. The highest BCUT2D eigenvalue weighted by molar-refractivity contribution is 9.10. The van der Waals surface area contributed by atoms with E-state index in [-0.39, 0.29) is 18.4 Å². The maximum atomic E-state index is 13.5. The third kappa shape index (κ3) is 6.93. The zero-order chi connectivity index (χ0) is 24.7. The second kappa shape index (κ2) is 12.2. The highest BCUT2D eigenvalue weighted by Crippen LogP contribution is 2.26. The van der Waals surface area contributed by atoms with E-state index in [2.05, 4.69) is 37.2 Å². The van der Waals surface area contributed by atoms with Crippen molar-refractivity contribution in [1.82, 2.24) is 10.2 Å². The van der Waals surface area contributed by atoms with Gasteiger partial charge in [-0.25, -0.2) is 0 Å². The molecule has 3 aromatic carbocycles. The summed E-state index contributed by atoms with van der Waals surface area (Å²) in [4.78, 5) is 28.0. The molecular formula is C27H28Br2N2O3. The molecule has 0 aromatic heterocycles. The van der Waals surface area contributed by atoms with E-state index in [1.807, 2.05) is 80.6 Å². The Hall–Kier alpha value is -2.64. The van der Waals surface area contributed by atoms with E-state index in [9.17, 15) is 9.59 Å². The van der Waals surface area contributed by atoms with Gasteiger partial charge in [0.25, 0.3) is 5.91 Å². The molecule has 1 atom stereocenters. The van der Waals surface area contributed by atoms with Gasteiger partial charge in [0.15, 0.2) is 6.61 Å². The van der Waals surface area contributed by atoms with Crippen LogP contribution in [0.25, 0.3) is 0 Å². The van der Waals surface area contributed by atoms with Crippen LogP contribution >= 0.6 is 31.9 Å². The molecule has 34 heavy (non-hydrogen) atoms. The number of ether oxygens (including phenoxy) is 1. The van der Waals surface area contributed by atoms with Crippen molar-refractivity contribution in [3.05, 3.63) is 97.9 Å². The van der Waals surface area contributed by atoms with Crippen LogP contribution < -0.4 is 10.1 Å². The second-order valence-electron chi connectivity index (χ2n) is 8.13. The van der Waals surface area contributed by atoms with E-state index >= 15 is 0 Å². The Bertz CT molecular complexity index is 1110. The van der Waals surface area contributed by atoms with Gasteiger partial charge < -0.3 is 15.0 Å². The second-order valence-corrected chi connectivity index (χ2v) is 9.84. The van der Waals surface area contributed by atoms with E-state index in [1.54, 1.807) is 11.9 Å². The van der Waals surface area contributed by atoms with E-state index in [1.165, 1.54) is 0 Å². The third-order valence-corrected chi connectivity index (χ3v) is 7.34. The van der Waals surface area contributed by atoms with E-state index in [0.717, 1.165) is 31.2 Å². The normalized spacial score (nSPS) is 11.6. The fraction of sp³-hybridized carbons (Fsp3) is 0.259. The molecule has 178 valence electrons. The van der Waals surface area contributed by atoms with Crippen LogP contribution in [0, 0.1) is 13.8 Å². The quantitative estimate of drug-likeness (QED) is 0.355. The first kappa shape index (κ1) is 26.0. The van der Waals surface area contributed by atoms with Crippen LogP contribution in [0.2, 0.25) is 0 Å². The molecule has 7 heteroatoms. The molecule has 3 rings (SSSR count). The van der Waals surface area contributed by atoms with Crippen LogP contribution in [0.1, 0.15) is 22.3 Å². The van der Waals surface area contributed by atoms with Crippen molar-refractivity contribution in [2.45, 2.75) is 32.9 Å². The zero-order valence-electron chi connectivity index (χ0n) is 19.5. The molecule has 0 spiro atoms. The smallest absolute Gasteiger partial charge is 0.261 e. The van der Waals surface area contributed by atoms with Crippen LogP contribution in [0.4, 0.5) is 0 Å². The van der Waals surface area contributed by atoms with Crippen LogP contribution in [0.5, 0.6) is 5.75 Å². The Morgan fingerprint density at radius 3 is 2.15 bits per heavy atom. The van der Waals surface area contributed by atoms with Gasteiger partial charge in [0.2, 0.25) is 5.91 Å². The molecule has 0 aliphatic carbocycles. The average molecular weight is 588 g/mol. The van der Waals surface area contributed by atoms with Gasteiger partial charge in [-0.2, -0.15) is 0 Å². The molecule has 0 heterocycles. The molecule has 0 bridgehead atoms. The SMILES string of the molecule is CNC(=O)[C@H](Cc1ccccc1)N(Cc1ccc(Br)cc1)C(=O)COc1cc(C)c(Br)c(C)c1. The minimum atomic E-state index is -0.680. The Morgan fingerprint density at radius 2 is 1.56 bits per heavy atom. The molecule has 2 amide bonds. The van der Waals surface area contributed by atoms with Crippen molar-refractivity contribution < 1.29 is 14.3 Å². The van der Waals surface area contributed by atoms with Gasteiger partial charge in [0, 0.05) is 29.0 Å². The summed E-state index contributed by atoms with van der Waals surface area (Å²) in [5.74, 6) is 0.144. The monoisotopic (exact) mass is 586 g/mol. The fourth-order valence-electron chi connectivity index (χ4n) is 3.72. The minimum Gasteiger partial charge on any atom is -0.484 e. The molecule has 0 saturated heterocycles. The number of benzene rings is 3. The van der Waals surface area contributed by atoms with E-state index in [4.69, 9.17) is 4.74 Å². The maximum Gasteiger partial charge on any atom is 0.261 e. The Labute approximate surface area is 217 Å². The first-order valence-corrected chi connectivity index (χ1v) is 12.6. The van der Waals surface area contributed by atoms with Crippen LogP contribution in [0.15, 0.2) is 75.7 Å². The molecule has 0 unspecified atom stereocenters.